The van der Waals surface area contributed by atoms with Crippen molar-refractivity contribution in [3.05, 3.63) is 206 Å². The van der Waals surface area contributed by atoms with Crippen molar-refractivity contribution in [3.63, 3.8) is 0 Å². The Morgan fingerprint density at radius 1 is 0.222 bits per heavy atom. The van der Waals surface area contributed by atoms with Crippen LogP contribution in [0.3, 0.4) is 0 Å². The van der Waals surface area contributed by atoms with Gasteiger partial charge in [-0.15, -0.1) is 0 Å². The fraction of sp³-hybridized carbons (Fsp3) is 0. The number of pyridine rings is 2. The Labute approximate surface area is 314 Å². The highest BCUT2D eigenvalue weighted by molar-refractivity contribution is 6.31. The number of fused-ring (bicyclic) bond motifs is 6. The summed E-state index contributed by atoms with van der Waals surface area (Å²) in [5.74, 6) is 0. The third-order valence-electron chi connectivity index (χ3n) is 10.4. The minimum atomic E-state index is 0.948. The van der Waals surface area contributed by atoms with E-state index in [1.807, 2.05) is 0 Å². The van der Waals surface area contributed by atoms with E-state index in [2.05, 4.69) is 206 Å². The fourth-order valence-electron chi connectivity index (χ4n) is 7.93. The topological polar surface area (TPSA) is 25.8 Å². The summed E-state index contributed by atoms with van der Waals surface area (Å²) in [7, 11) is 0. The Morgan fingerprint density at radius 2 is 0.500 bits per heavy atom. The molecule has 0 aliphatic heterocycles. The van der Waals surface area contributed by atoms with Crippen LogP contribution in [-0.4, -0.2) is 9.97 Å². The first kappa shape index (κ1) is 31.6. The lowest BCUT2D eigenvalue weighted by Gasteiger charge is -2.19. The molecule has 0 fully saturated rings. The number of nitrogens with zero attached hydrogens (tertiary/aromatic N) is 2. The molecule has 8 aromatic carbocycles. The molecule has 0 aliphatic rings. The molecule has 0 spiro atoms. The molecule has 0 N–H and O–H groups in total. The second-order valence-corrected chi connectivity index (χ2v) is 13.7. The van der Waals surface area contributed by atoms with Crippen molar-refractivity contribution < 1.29 is 0 Å². The Kier molecular flexibility index (Phi) is 7.85. The van der Waals surface area contributed by atoms with Crippen LogP contribution in [-0.2, 0) is 0 Å². The zero-order valence-corrected chi connectivity index (χ0v) is 29.5. The largest absolute Gasteiger partial charge is 0.248 e. The van der Waals surface area contributed by atoms with Crippen LogP contribution in [0.15, 0.2) is 206 Å². The predicted octanol–water partition coefficient (Wildman–Crippen LogP) is 13.9. The molecule has 54 heavy (non-hydrogen) atoms. The van der Waals surface area contributed by atoms with Crippen molar-refractivity contribution in [1.82, 2.24) is 9.97 Å². The maximum Gasteiger partial charge on any atom is 0.0715 e. The second kappa shape index (κ2) is 13.4. The Bertz CT molecular complexity index is 2640. The Balaban J connectivity index is 1.32. The van der Waals surface area contributed by atoms with Gasteiger partial charge in [0.1, 0.15) is 0 Å². The van der Waals surface area contributed by atoms with Gasteiger partial charge in [0.15, 0.2) is 0 Å². The highest BCUT2D eigenvalue weighted by Gasteiger charge is 2.19. The molecule has 2 aromatic heterocycles. The zero-order chi connectivity index (χ0) is 35.8. The number of rotatable bonds is 6. The van der Waals surface area contributed by atoms with Crippen LogP contribution in [0.4, 0.5) is 0 Å². The van der Waals surface area contributed by atoms with Gasteiger partial charge in [-0.1, -0.05) is 182 Å². The third-order valence-corrected chi connectivity index (χ3v) is 10.4. The maximum absolute atomic E-state index is 5.23. The van der Waals surface area contributed by atoms with E-state index in [-0.39, 0.29) is 0 Å². The summed E-state index contributed by atoms with van der Waals surface area (Å²) >= 11 is 0. The van der Waals surface area contributed by atoms with E-state index in [0.717, 1.165) is 56.2 Å². The summed E-state index contributed by atoms with van der Waals surface area (Å²) in [5, 5.41) is 7.38. The van der Waals surface area contributed by atoms with Crippen molar-refractivity contribution >= 4 is 32.3 Å². The number of hydrogen-bond donors (Lipinski definition) is 0. The number of benzene rings is 8. The standard InChI is InChI=1S/C52H34N2/c1-5-17-35(18-6-1)47-31-39(32-48(53-47)36-19-7-2-8-20-36)41-27-15-29-45-43-25-13-14-26-44(43)46-30-16-28-42(52(46)51(41)45)40-33-49(37-21-9-3-10-22-37)54-50(34-40)38-23-11-4-12-24-38/h1-34H. The minimum Gasteiger partial charge on any atom is -0.248 e. The Hall–Kier alpha value is -7.16. The van der Waals surface area contributed by atoms with Crippen molar-refractivity contribution in [2.45, 2.75) is 0 Å². The molecule has 10 aromatic rings. The molecular weight excluding hydrogens is 653 g/mol. The molecule has 0 amide bonds. The van der Waals surface area contributed by atoms with Crippen LogP contribution in [0.25, 0.3) is 99.6 Å². The SMILES string of the molecule is c1ccc(-c2cc(-c3cccc4c5ccccc5c5cccc(-c6cc(-c7ccccc7)nc(-c7ccccc7)c6)c5c34)cc(-c3ccccc3)n2)cc1. The second-order valence-electron chi connectivity index (χ2n) is 13.7. The molecule has 2 heteroatoms. The van der Waals surface area contributed by atoms with Crippen molar-refractivity contribution in [2.75, 3.05) is 0 Å². The lowest BCUT2D eigenvalue weighted by molar-refractivity contribution is 1.32. The molecule has 0 bridgehead atoms. The van der Waals surface area contributed by atoms with Crippen LogP contribution in [0.5, 0.6) is 0 Å². The molecule has 0 aliphatic carbocycles. The molecule has 10 rings (SSSR count). The summed E-state index contributed by atoms with van der Waals surface area (Å²) in [5.41, 5.74) is 12.8. The smallest absolute Gasteiger partial charge is 0.0715 e. The normalized spacial score (nSPS) is 11.3. The number of aromatic nitrogens is 2. The summed E-state index contributed by atoms with van der Waals surface area (Å²) < 4.78 is 0. The van der Waals surface area contributed by atoms with Crippen LogP contribution in [0.2, 0.25) is 0 Å². The van der Waals surface area contributed by atoms with Gasteiger partial charge in [0, 0.05) is 22.3 Å². The summed E-state index contributed by atoms with van der Waals surface area (Å²) in [6.07, 6.45) is 0. The van der Waals surface area contributed by atoms with E-state index in [1.165, 1.54) is 43.4 Å². The zero-order valence-electron chi connectivity index (χ0n) is 29.5. The molecule has 0 atom stereocenters. The average molecular weight is 687 g/mol. The van der Waals surface area contributed by atoms with Crippen molar-refractivity contribution in [1.29, 1.82) is 0 Å². The van der Waals surface area contributed by atoms with Gasteiger partial charge in [0.05, 0.1) is 22.8 Å². The molecule has 0 unspecified atom stereocenters. The predicted molar refractivity (Wildman–Crippen MR) is 227 cm³/mol. The lowest BCUT2D eigenvalue weighted by atomic mass is 9.85. The highest BCUT2D eigenvalue weighted by Crippen LogP contribution is 2.45. The summed E-state index contributed by atoms with van der Waals surface area (Å²) in [6, 6.07) is 73.4. The van der Waals surface area contributed by atoms with Gasteiger partial charge in [-0.3, -0.25) is 0 Å². The van der Waals surface area contributed by atoms with Crippen molar-refractivity contribution in [2.24, 2.45) is 0 Å². The first-order valence-corrected chi connectivity index (χ1v) is 18.4. The van der Waals surface area contributed by atoms with E-state index in [0.29, 0.717) is 0 Å². The minimum absolute atomic E-state index is 0.948. The first-order valence-electron chi connectivity index (χ1n) is 18.4. The lowest BCUT2D eigenvalue weighted by Crippen LogP contribution is -1.94. The van der Waals surface area contributed by atoms with Crippen LogP contribution < -0.4 is 0 Å². The summed E-state index contributed by atoms with van der Waals surface area (Å²) in [6.45, 7) is 0. The number of hydrogen-bond acceptors (Lipinski definition) is 2. The molecule has 0 saturated heterocycles. The average Bonchev–Trinajstić information content (AvgIpc) is 3.27. The monoisotopic (exact) mass is 686 g/mol. The van der Waals surface area contributed by atoms with Gasteiger partial charge in [-0.25, -0.2) is 9.97 Å². The molecule has 252 valence electrons. The van der Waals surface area contributed by atoms with Gasteiger partial charge in [-0.2, -0.15) is 0 Å². The highest BCUT2D eigenvalue weighted by atomic mass is 14.7. The Morgan fingerprint density at radius 3 is 0.815 bits per heavy atom. The molecule has 0 radical (unpaired) electrons. The molecule has 0 saturated carbocycles. The van der Waals surface area contributed by atoms with Gasteiger partial charge in [0.2, 0.25) is 0 Å². The van der Waals surface area contributed by atoms with E-state index in [4.69, 9.17) is 9.97 Å². The van der Waals surface area contributed by atoms with Gasteiger partial charge in [-0.05, 0) is 78.8 Å². The first-order chi connectivity index (χ1) is 26.8. The maximum atomic E-state index is 5.23. The molecule has 2 heterocycles. The van der Waals surface area contributed by atoms with Gasteiger partial charge in [0.25, 0.3) is 0 Å². The van der Waals surface area contributed by atoms with Crippen molar-refractivity contribution in [3.8, 4) is 67.3 Å². The van der Waals surface area contributed by atoms with E-state index in [9.17, 15) is 0 Å². The van der Waals surface area contributed by atoms with Gasteiger partial charge >= 0.3 is 0 Å². The third kappa shape index (κ3) is 5.62. The van der Waals surface area contributed by atoms with Gasteiger partial charge < -0.3 is 0 Å². The molecule has 2 nitrogen and oxygen atoms in total. The summed E-state index contributed by atoms with van der Waals surface area (Å²) in [4.78, 5) is 10.5. The van der Waals surface area contributed by atoms with E-state index < -0.39 is 0 Å². The van der Waals surface area contributed by atoms with Crippen LogP contribution >= 0.6 is 0 Å². The molecular formula is C52H34N2. The van der Waals surface area contributed by atoms with E-state index >= 15 is 0 Å². The van der Waals surface area contributed by atoms with Crippen LogP contribution in [0, 0.1) is 0 Å². The van der Waals surface area contributed by atoms with Crippen LogP contribution in [0.1, 0.15) is 0 Å². The fourth-order valence-corrected chi connectivity index (χ4v) is 7.93. The quantitative estimate of drug-likeness (QED) is 0.163. The van der Waals surface area contributed by atoms with E-state index in [1.54, 1.807) is 0 Å².